The van der Waals surface area contributed by atoms with Crippen molar-refractivity contribution < 1.29 is 8.42 Å². The topological polar surface area (TPSA) is 34.1 Å². The van der Waals surface area contributed by atoms with Gasteiger partial charge in [-0.2, -0.15) is 0 Å². The standard InChI is InChI=1S/C21H40O2S/c1-3-5-6-7-8-9-10-11-12-13-14-15-16-17-18-19-20-21-24(22,23)4-2/h4,20-21H,2-3,5-19H2,1H3/b21-20+. The second-order valence-corrected chi connectivity index (χ2v) is 8.65. The van der Waals surface area contributed by atoms with E-state index in [4.69, 9.17) is 0 Å². The third kappa shape index (κ3) is 17.8. The van der Waals surface area contributed by atoms with Gasteiger partial charge in [0.25, 0.3) is 0 Å². The summed E-state index contributed by atoms with van der Waals surface area (Å²) in [4.78, 5) is 0. The lowest BCUT2D eigenvalue weighted by atomic mass is 10.0. The fraction of sp³-hybridized carbons (Fsp3) is 0.810. The summed E-state index contributed by atoms with van der Waals surface area (Å²) >= 11 is 0. The van der Waals surface area contributed by atoms with Crippen molar-refractivity contribution in [1.82, 2.24) is 0 Å². The van der Waals surface area contributed by atoms with Gasteiger partial charge in [0.15, 0.2) is 9.84 Å². The van der Waals surface area contributed by atoms with E-state index in [0.717, 1.165) is 18.2 Å². The molecule has 0 heterocycles. The molecule has 0 aliphatic heterocycles. The lowest BCUT2D eigenvalue weighted by Crippen LogP contribution is -1.86. The summed E-state index contributed by atoms with van der Waals surface area (Å²) < 4.78 is 22.3. The Morgan fingerprint density at radius 3 is 1.42 bits per heavy atom. The van der Waals surface area contributed by atoms with Crippen LogP contribution in [0.5, 0.6) is 0 Å². The van der Waals surface area contributed by atoms with Crippen LogP contribution in [0.25, 0.3) is 0 Å². The Hall–Kier alpha value is -0.570. The number of sulfone groups is 1. The molecule has 0 unspecified atom stereocenters. The normalized spacial score (nSPS) is 12.0. The Bertz CT molecular complexity index is 396. The maximum atomic E-state index is 11.2. The third-order valence-electron chi connectivity index (χ3n) is 4.49. The maximum Gasteiger partial charge on any atom is 0.192 e. The first-order valence-electron chi connectivity index (χ1n) is 10.2. The van der Waals surface area contributed by atoms with Crippen LogP contribution in [0.15, 0.2) is 23.5 Å². The summed E-state index contributed by atoms with van der Waals surface area (Å²) in [7, 11) is -3.16. The van der Waals surface area contributed by atoms with Gasteiger partial charge in [0.1, 0.15) is 0 Å². The molecule has 0 bridgehead atoms. The van der Waals surface area contributed by atoms with E-state index in [1.165, 1.54) is 95.3 Å². The molecule has 0 radical (unpaired) electrons. The van der Waals surface area contributed by atoms with E-state index in [2.05, 4.69) is 13.5 Å². The van der Waals surface area contributed by atoms with Gasteiger partial charge < -0.3 is 0 Å². The number of hydrogen-bond acceptors (Lipinski definition) is 2. The zero-order chi connectivity index (χ0) is 17.9. The third-order valence-corrected chi connectivity index (χ3v) is 5.53. The van der Waals surface area contributed by atoms with Crippen LogP contribution in [-0.4, -0.2) is 8.42 Å². The molecule has 0 saturated carbocycles. The van der Waals surface area contributed by atoms with Gasteiger partial charge in [-0.3, -0.25) is 0 Å². The fourth-order valence-corrected chi connectivity index (χ4v) is 3.41. The summed E-state index contributed by atoms with van der Waals surface area (Å²) in [5, 5.41) is 2.26. The molecule has 142 valence electrons. The molecule has 0 rings (SSSR count). The molecular formula is C21H40O2S. The highest BCUT2D eigenvalue weighted by atomic mass is 32.2. The smallest absolute Gasteiger partial charge is 0.192 e. The summed E-state index contributed by atoms with van der Waals surface area (Å²) in [5.74, 6) is 0. The Balaban J connectivity index is 3.17. The molecule has 24 heavy (non-hydrogen) atoms. The van der Waals surface area contributed by atoms with Crippen molar-refractivity contribution in [1.29, 1.82) is 0 Å². The van der Waals surface area contributed by atoms with Crippen LogP contribution in [0.2, 0.25) is 0 Å². The largest absolute Gasteiger partial charge is 0.220 e. The first-order chi connectivity index (χ1) is 11.6. The number of unbranched alkanes of at least 4 members (excludes halogenated alkanes) is 15. The second kappa shape index (κ2) is 17.3. The molecule has 0 aromatic carbocycles. The average molecular weight is 357 g/mol. The molecule has 0 atom stereocenters. The fourth-order valence-electron chi connectivity index (χ4n) is 2.89. The number of hydrogen-bond donors (Lipinski definition) is 0. The Labute approximate surface area is 151 Å². The van der Waals surface area contributed by atoms with Crippen molar-refractivity contribution in [3.63, 3.8) is 0 Å². The van der Waals surface area contributed by atoms with Crippen LogP contribution >= 0.6 is 0 Å². The Kier molecular flexibility index (Phi) is 16.8. The molecule has 0 aromatic rings. The average Bonchev–Trinajstić information content (AvgIpc) is 2.57. The van der Waals surface area contributed by atoms with E-state index >= 15 is 0 Å². The molecule has 0 spiro atoms. The van der Waals surface area contributed by atoms with Gasteiger partial charge in [0, 0.05) is 10.8 Å². The molecule has 0 aromatic heterocycles. The van der Waals surface area contributed by atoms with Gasteiger partial charge in [-0.25, -0.2) is 8.42 Å². The lowest BCUT2D eigenvalue weighted by Gasteiger charge is -2.03. The predicted molar refractivity (Wildman–Crippen MR) is 108 cm³/mol. The minimum absolute atomic E-state index is 0.853. The molecule has 2 nitrogen and oxygen atoms in total. The van der Waals surface area contributed by atoms with E-state index in [0.29, 0.717) is 0 Å². The number of allylic oxidation sites excluding steroid dienone is 1. The first kappa shape index (κ1) is 23.4. The van der Waals surface area contributed by atoms with E-state index in [-0.39, 0.29) is 0 Å². The summed E-state index contributed by atoms with van der Waals surface area (Å²) in [6, 6.07) is 0. The van der Waals surface area contributed by atoms with Crippen molar-refractivity contribution in [2.45, 2.75) is 110 Å². The van der Waals surface area contributed by atoms with Crippen molar-refractivity contribution in [2.24, 2.45) is 0 Å². The summed E-state index contributed by atoms with van der Waals surface area (Å²) in [6.45, 7) is 5.56. The van der Waals surface area contributed by atoms with E-state index in [9.17, 15) is 8.42 Å². The summed E-state index contributed by atoms with van der Waals surface area (Å²) in [6.07, 6.45) is 22.9. The molecule has 3 heteroatoms. The van der Waals surface area contributed by atoms with Crippen LogP contribution < -0.4 is 0 Å². The SMILES string of the molecule is C=CS(=O)(=O)/C=C/CCCCCCCCCCCCCCCCC. The molecule has 0 aliphatic rings. The van der Waals surface area contributed by atoms with Crippen molar-refractivity contribution in [3.8, 4) is 0 Å². The molecular weight excluding hydrogens is 316 g/mol. The Morgan fingerprint density at radius 2 is 1.04 bits per heavy atom. The van der Waals surface area contributed by atoms with Gasteiger partial charge in [0.2, 0.25) is 0 Å². The van der Waals surface area contributed by atoms with Crippen LogP contribution in [0.1, 0.15) is 110 Å². The van der Waals surface area contributed by atoms with E-state index < -0.39 is 9.84 Å². The van der Waals surface area contributed by atoms with E-state index in [1.54, 1.807) is 6.08 Å². The van der Waals surface area contributed by atoms with Crippen LogP contribution in [-0.2, 0) is 9.84 Å². The van der Waals surface area contributed by atoms with Gasteiger partial charge in [0.05, 0.1) is 0 Å². The van der Waals surface area contributed by atoms with Crippen LogP contribution in [0.4, 0.5) is 0 Å². The zero-order valence-corrected chi connectivity index (χ0v) is 16.8. The highest BCUT2D eigenvalue weighted by molar-refractivity contribution is 7.97. The predicted octanol–water partition coefficient (Wildman–Crippen LogP) is 7.32. The van der Waals surface area contributed by atoms with Crippen LogP contribution in [0, 0.1) is 0 Å². The molecule has 0 aliphatic carbocycles. The van der Waals surface area contributed by atoms with Gasteiger partial charge in [-0.1, -0.05) is 109 Å². The van der Waals surface area contributed by atoms with Crippen LogP contribution in [0.3, 0.4) is 0 Å². The quantitative estimate of drug-likeness (QED) is 0.241. The lowest BCUT2D eigenvalue weighted by molar-refractivity contribution is 0.533. The zero-order valence-electron chi connectivity index (χ0n) is 16.0. The van der Waals surface area contributed by atoms with Crippen molar-refractivity contribution in [2.75, 3.05) is 0 Å². The van der Waals surface area contributed by atoms with Gasteiger partial charge >= 0.3 is 0 Å². The van der Waals surface area contributed by atoms with Gasteiger partial charge in [-0.15, -0.1) is 0 Å². The second-order valence-electron chi connectivity index (χ2n) is 6.87. The molecule has 0 fully saturated rings. The van der Waals surface area contributed by atoms with Gasteiger partial charge in [-0.05, 0) is 12.8 Å². The Morgan fingerprint density at radius 1 is 0.667 bits per heavy atom. The maximum absolute atomic E-state index is 11.2. The molecule has 0 saturated heterocycles. The summed E-state index contributed by atoms with van der Waals surface area (Å²) in [5.41, 5.74) is 0. The highest BCUT2D eigenvalue weighted by Gasteiger charge is 1.96. The molecule has 0 amide bonds. The minimum Gasteiger partial charge on any atom is -0.220 e. The molecule has 0 N–H and O–H groups in total. The monoisotopic (exact) mass is 356 g/mol. The first-order valence-corrected chi connectivity index (χ1v) is 11.8. The number of rotatable bonds is 18. The minimum atomic E-state index is -3.16. The van der Waals surface area contributed by atoms with E-state index in [1.807, 2.05) is 0 Å². The van der Waals surface area contributed by atoms with Crippen molar-refractivity contribution in [3.05, 3.63) is 23.5 Å². The van der Waals surface area contributed by atoms with Crippen molar-refractivity contribution >= 4 is 9.84 Å². The highest BCUT2D eigenvalue weighted by Crippen LogP contribution is 2.13.